The normalized spacial score (nSPS) is 5.91. The van der Waals surface area contributed by atoms with Crippen LogP contribution in [-0.4, -0.2) is 0 Å². The third kappa shape index (κ3) is 5430. The minimum atomic E-state index is -3.37. The van der Waals surface area contributed by atoms with Gasteiger partial charge in [-0.2, -0.15) is 0 Å². The molecule has 0 aromatic rings. The van der Waals surface area contributed by atoms with Crippen LogP contribution in [0.4, 0.5) is 0 Å². The topological polar surface area (TPSA) is 316 Å². The van der Waals surface area contributed by atoms with E-state index < -0.39 is 41.3 Å². The fraction of sp³-hybridized carbons (Fsp3) is 0. The van der Waals surface area contributed by atoms with Crippen LogP contribution in [0, 0.1) is 0 Å². The van der Waals surface area contributed by atoms with E-state index in [2.05, 4.69) is 0 Å². The maximum absolute atomic E-state index is 8.48. The molecule has 0 heterocycles. The standard InChI is InChI=1S/5HO3P.2V/c5*1-4(2)3;;/h5*(H,1,2,3);;/p-5. The molecule has 0 aliphatic rings. The molecule has 0 saturated heterocycles. The van der Waals surface area contributed by atoms with Gasteiger partial charge < -0.3 is 48.9 Å². The van der Waals surface area contributed by atoms with Gasteiger partial charge >= 0.3 is 0 Å². The third-order valence-electron chi connectivity index (χ3n) is 0. The first-order chi connectivity index (χ1) is 8.66. The summed E-state index contributed by atoms with van der Waals surface area (Å²) in [5.41, 5.74) is 0. The van der Waals surface area contributed by atoms with Crippen molar-refractivity contribution >= 4 is 41.3 Å². The van der Waals surface area contributed by atoms with Gasteiger partial charge in [0, 0.05) is 37.1 Å². The molecule has 130 valence electrons. The van der Waals surface area contributed by atoms with Gasteiger partial charge in [-0.15, -0.1) is 0 Å². The van der Waals surface area contributed by atoms with Crippen molar-refractivity contribution in [2.24, 2.45) is 0 Å². The van der Waals surface area contributed by atoms with Gasteiger partial charge in [-0.05, 0) is 0 Å². The Balaban J connectivity index is -0.0000000250. The molecule has 0 amide bonds. The van der Waals surface area contributed by atoms with E-state index in [4.69, 9.17) is 71.8 Å². The van der Waals surface area contributed by atoms with Crippen molar-refractivity contribution in [3.63, 3.8) is 0 Å². The van der Waals surface area contributed by atoms with E-state index in [1.165, 1.54) is 0 Å². The van der Waals surface area contributed by atoms with Crippen LogP contribution in [0.15, 0.2) is 0 Å². The maximum atomic E-state index is 8.48. The first-order valence-electron chi connectivity index (χ1n) is 2.74. The predicted octanol–water partition coefficient (Wildman–Crippen LogP) is -8.18. The van der Waals surface area contributed by atoms with E-state index in [0.717, 1.165) is 0 Å². The Bertz CT molecular complexity index is 211. The van der Waals surface area contributed by atoms with Gasteiger partial charge in [-0.25, -0.2) is 0 Å². The molecular weight excluding hydrogens is 497 g/mol. The van der Waals surface area contributed by atoms with E-state index in [9.17, 15) is 0 Å². The second kappa shape index (κ2) is 38.1. The molecule has 0 aliphatic heterocycles. The zero-order valence-corrected chi connectivity index (χ0v) is 16.5. The first-order valence-corrected chi connectivity index (χ1v) is 8.22. The van der Waals surface area contributed by atoms with Crippen LogP contribution in [0.1, 0.15) is 0 Å². The van der Waals surface area contributed by atoms with Gasteiger partial charge in [0.2, 0.25) is 0 Å². The number of hydrogen-bond donors (Lipinski definition) is 0. The van der Waals surface area contributed by atoms with Crippen molar-refractivity contribution in [1.29, 1.82) is 0 Å². The molecule has 22 heavy (non-hydrogen) atoms. The van der Waals surface area contributed by atoms with Gasteiger partial charge in [0.25, 0.3) is 41.3 Å². The van der Waals surface area contributed by atoms with Crippen LogP contribution in [0.5, 0.6) is 0 Å². The molecule has 15 nitrogen and oxygen atoms in total. The van der Waals surface area contributed by atoms with Crippen molar-refractivity contribution in [1.82, 2.24) is 0 Å². The molecule has 0 saturated carbocycles. The third-order valence-corrected chi connectivity index (χ3v) is 0. The average Bonchev–Trinajstić information content (AvgIpc) is 1.94. The van der Waals surface area contributed by atoms with E-state index in [1.807, 2.05) is 0 Å². The van der Waals surface area contributed by atoms with Crippen LogP contribution in [-0.2, 0) is 59.9 Å². The van der Waals surface area contributed by atoms with Gasteiger partial charge in [0.1, 0.15) is 0 Å². The molecule has 0 fully saturated rings. The molecule has 0 bridgehead atoms. The van der Waals surface area contributed by atoms with Crippen molar-refractivity contribution in [3.8, 4) is 0 Å². The minimum Gasteiger partial charge on any atom is -0.598 e. The van der Waals surface area contributed by atoms with E-state index in [1.54, 1.807) is 0 Å². The molecule has 0 aromatic heterocycles. The SMILES string of the molecule is O=[P+]([O-])[O-].O=[P+]([O-])[O-].O=[P+]([O-])[O-].O=[P+]([O-])[O-].O=[P+]([O-])[O-].[V].[V]. The summed E-state index contributed by atoms with van der Waals surface area (Å²) in [4.78, 5) is 84.8. The van der Waals surface area contributed by atoms with E-state index >= 15 is 0 Å². The molecule has 0 rings (SSSR count). The van der Waals surface area contributed by atoms with Crippen LogP contribution in [0.2, 0.25) is 0 Å². The Labute approximate surface area is 150 Å². The summed E-state index contributed by atoms with van der Waals surface area (Å²) in [6.07, 6.45) is 0. The monoisotopic (exact) mass is 497 g/mol. The Kier molecular flexibility index (Phi) is 75.4. The second-order valence-electron chi connectivity index (χ2n) is 1.12. The van der Waals surface area contributed by atoms with E-state index in [-0.39, 0.29) is 37.1 Å². The Hall–Kier alpha value is 1.27. The van der Waals surface area contributed by atoms with Gasteiger partial charge in [-0.1, -0.05) is 22.8 Å². The Morgan fingerprint density at radius 3 is 0.318 bits per heavy atom. The van der Waals surface area contributed by atoms with Gasteiger partial charge in [-0.3, -0.25) is 0 Å². The summed E-state index contributed by atoms with van der Waals surface area (Å²) in [6, 6.07) is 0. The van der Waals surface area contributed by atoms with Gasteiger partial charge in [0.05, 0.1) is 0 Å². The zero-order valence-electron chi connectivity index (χ0n) is 9.25. The molecule has 0 unspecified atom stereocenters. The smallest absolute Gasteiger partial charge is 0.276 e. The molecule has 0 N–H and O–H groups in total. The molecule has 2 radical (unpaired) electrons. The summed E-state index contributed by atoms with van der Waals surface area (Å²) >= 11 is 0. The summed E-state index contributed by atoms with van der Waals surface area (Å²) < 4.78 is 42.4. The summed E-state index contributed by atoms with van der Waals surface area (Å²) in [5, 5.41) is 0. The van der Waals surface area contributed by atoms with Crippen molar-refractivity contribution < 1.29 is 109 Å². The largest absolute Gasteiger partial charge is 0.598 e. The Morgan fingerprint density at radius 1 is 0.318 bits per heavy atom. The van der Waals surface area contributed by atoms with Crippen LogP contribution < -0.4 is 48.9 Å². The first kappa shape index (κ1) is 43.6. The zero-order chi connectivity index (χ0) is 17.9. The van der Waals surface area contributed by atoms with Crippen molar-refractivity contribution in [2.45, 2.75) is 0 Å². The van der Waals surface area contributed by atoms with E-state index in [0.29, 0.717) is 0 Å². The summed E-state index contributed by atoms with van der Waals surface area (Å²) in [7, 11) is -16.9. The molecule has 0 aliphatic carbocycles. The fourth-order valence-electron chi connectivity index (χ4n) is 0. The van der Waals surface area contributed by atoms with Crippen LogP contribution >= 0.6 is 41.3 Å². The van der Waals surface area contributed by atoms with Gasteiger partial charge in [0.15, 0.2) is 0 Å². The number of hydrogen-bond acceptors (Lipinski definition) is 15. The fourth-order valence-corrected chi connectivity index (χ4v) is 0. The quantitative estimate of drug-likeness (QED) is 0.281. The van der Waals surface area contributed by atoms with Crippen LogP contribution in [0.25, 0.3) is 0 Å². The summed E-state index contributed by atoms with van der Waals surface area (Å²) in [6.45, 7) is 0. The minimum absolute atomic E-state index is 0. The predicted molar refractivity (Wildman–Crippen MR) is 38.0 cm³/mol. The van der Waals surface area contributed by atoms with Crippen molar-refractivity contribution in [2.75, 3.05) is 0 Å². The molecule has 0 atom stereocenters. The maximum Gasteiger partial charge on any atom is 0.276 e. The number of rotatable bonds is 0. The second-order valence-corrected chi connectivity index (χ2v) is 3.35. The molecule has 0 spiro atoms. The average molecular weight is 497 g/mol. The molecule has 0 aromatic carbocycles. The van der Waals surface area contributed by atoms with Crippen LogP contribution in [0.3, 0.4) is 0 Å². The molecular formula is O15P5V2-5. The molecule has 22 heteroatoms. The summed E-state index contributed by atoms with van der Waals surface area (Å²) in [5.74, 6) is 0. The van der Waals surface area contributed by atoms with Crippen molar-refractivity contribution in [3.05, 3.63) is 0 Å². The Morgan fingerprint density at radius 2 is 0.318 bits per heavy atom.